The summed E-state index contributed by atoms with van der Waals surface area (Å²) >= 11 is 0. The molecule has 0 aromatic heterocycles. The molecule has 2 heteroatoms. The van der Waals surface area contributed by atoms with E-state index in [1.54, 1.807) is 0 Å². The fourth-order valence-electron chi connectivity index (χ4n) is 3.47. The highest BCUT2D eigenvalue weighted by molar-refractivity contribution is 4.87. The maximum atomic E-state index is 3.69. The minimum Gasteiger partial charge on any atom is -0.311 e. The van der Waals surface area contributed by atoms with Crippen molar-refractivity contribution in [3.8, 4) is 0 Å². The first-order chi connectivity index (χ1) is 8.06. The van der Waals surface area contributed by atoms with Gasteiger partial charge < -0.3 is 5.32 Å². The summed E-state index contributed by atoms with van der Waals surface area (Å²) in [5, 5.41) is 3.69. The van der Waals surface area contributed by atoms with Crippen molar-refractivity contribution in [3.63, 3.8) is 0 Å². The first-order valence-electron chi connectivity index (χ1n) is 7.53. The van der Waals surface area contributed by atoms with Gasteiger partial charge >= 0.3 is 0 Å². The molecule has 1 aliphatic carbocycles. The second-order valence-electron chi connectivity index (χ2n) is 6.85. The number of rotatable bonds is 3. The molecule has 17 heavy (non-hydrogen) atoms. The number of nitrogens with zero attached hydrogens (tertiary/aromatic N) is 1. The molecule has 0 aromatic rings. The molecule has 2 aliphatic rings. The van der Waals surface area contributed by atoms with Gasteiger partial charge in [0.25, 0.3) is 0 Å². The van der Waals surface area contributed by atoms with E-state index >= 15 is 0 Å². The zero-order valence-electron chi connectivity index (χ0n) is 12.1. The Morgan fingerprint density at radius 2 is 2.00 bits per heavy atom. The van der Waals surface area contributed by atoms with E-state index < -0.39 is 0 Å². The van der Waals surface area contributed by atoms with Crippen molar-refractivity contribution in [1.29, 1.82) is 0 Å². The van der Waals surface area contributed by atoms with Crippen molar-refractivity contribution in [2.75, 3.05) is 19.6 Å². The lowest BCUT2D eigenvalue weighted by Gasteiger charge is -2.41. The SMILES string of the molecule is CC1CCC(CN2CC(C(C)C)NCC2C)C1. The van der Waals surface area contributed by atoms with Crippen LogP contribution in [-0.2, 0) is 0 Å². The van der Waals surface area contributed by atoms with Gasteiger partial charge in [0, 0.05) is 31.7 Å². The Hall–Kier alpha value is -0.0800. The lowest BCUT2D eigenvalue weighted by Crippen LogP contribution is -2.57. The monoisotopic (exact) mass is 238 g/mol. The Kier molecular flexibility index (Phi) is 4.48. The third-order valence-electron chi connectivity index (χ3n) is 4.83. The molecule has 1 aliphatic heterocycles. The van der Waals surface area contributed by atoms with Crippen molar-refractivity contribution < 1.29 is 0 Å². The lowest BCUT2D eigenvalue weighted by molar-refractivity contribution is 0.105. The van der Waals surface area contributed by atoms with Crippen LogP contribution in [0.1, 0.15) is 47.0 Å². The second kappa shape index (κ2) is 5.71. The van der Waals surface area contributed by atoms with Crippen LogP contribution in [0.4, 0.5) is 0 Å². The summed E-state index contributed by atoms with van der Waals surface area (Å²) in [4.78, 5) is 2.74. The predicted molar refractivity (Wildman–Crippen MR) is 74.2 cm³/mol. The molecule has 0 amide bonds. The third kappa shape index (κ3) is 3.45. The van der Waals surface area contributed by atoms with Gasteiger partial charge in [-0.25, -0.2) is 0 Å². The van der Waals surface area contributed by atoms with Crippen molar-refractivity contribution >= 4 is 0 Å². The van der Waals surface area contributed by atoms with E-state index in [-0.39, 0.29) is 0 Å². The van der Waals surface area contributed by atoms with Crippen LogP contribution < -0.4 is 5.32 Å². The Labute approximate surface area is 107 Å². The maximum Gasteiger partial charge on any atom is 0.0218 e. The molecule has 2 fully saturated rings. The quantitative estimate of drug-likeness (QED) is 0.813. The molecular weight excluding hydrogens is 208 g/mol. The molecule has 1 N–H and O–H groups in total. The summed E-state index contributed by atoms with van der Waals surface area (Å²) in [5.74, 6) is 2.70. The fraction of sp³-hybridized carbons (Fsp3) is 1.00. The Morgan fingerprint density at radius 3 is 2.59 bits per heavy atom. The Morgan fingerprint density at radius 1 is 1.24 bits per heavy atom. The summed E-state index contributed by atoms with van der Waals surface area (Å²) in [7, 11) is 0. The van der Waals surface area contributed by atoms with Gasteiger partial charge in [-0.15, -0.1) is 0 Å². The summed E-state index contributed by atoms with van der Waals surface area (Å²) in [5.41, 5.74) is 0. The third-order valence-corrected chi connectivity index (χ3v) is 4.83. The van der Waals surface area contributed by atoms with Crippen molar-refractivity contribution in [2.45, 2.75) is 59.0 Å². The number of piperazine rings is 1. The van der Waals surface area contributed by atoms with Crippen LogP contribution in [-0.4, -0.2) is 36.6 Å². The smallest absolute Gasteiger partial charge is 0.0218 e. The van der Waals surface area contributed by atoms with E-state index in [4.69, 9.17) is 0 Å². The molecule has 0 aromatic carbocycles. The molecule has 100 valence electrons. The Balaban J connectivity index is 1.85. The molecular formula is C15H30N2. The summed E-state index contributed by atoms with van der Waals surface area (Å²) in [6.45, 7) is 13.2. The normalized spacial score (nSPS) is 40.1. The lowest BCUT2D eigenvalue weighted by atomic mass is 9.97. The van der Waals surface area contributed by atoms with E-state index in [2.05, 4.69) is 37.9 Å². The van der Waals surface area contributed by atoms with Crippen molar-refractivity contribution in [3.05, 3.63) is 0 Å². The van der Waals surface area contributed by atoms with Crippen LogP contribution in [0.25, 0.3) is 0 Å². The topological polar surface area (TPSA) is 15.3 Å². The van der Waals surface area contributed by atoms with Gasteiger partial charge in [0.05, 0.1) is 0 Å². The van der Waals surface area contributed by atoms with Crippen LogP contribution in [0, 0.1) is 17.8 Å². The molecule has 0 bridgehead atoms. The highest BCUT2D eigenvalue weighted by Gasteiger charge is 2.30. The molecule has 1 saturated carbocycles. The van der Waals surface area contributed by atoms with E-state index in [0.29, 0.717) is 6.04 Å². The first kappa shape index (κ1) is 13.4. The van der Waals surface area contributed by atoms with Crippen LogP contribution >= 0.6 is 0 Å². The van der Waals surface area contributed by atoms with Crippen molar-refractivity contribution in [1.82, 2.24) is 10.2 Å². The summed E-state index contributed by atoms with van der Waals surface area (Å²) in [6.07, 6.45) is 4.38. The van der Waals surface area contributed by atoms with Crippen molar-refractivity contribution in [2.24, 2.45) is 17.8 Å². The van der Waals surface area contributed by atoms with Crippen LogP contribution in [0.5, 0.6) is 0 Å². The van der Waals surface area contributed by atoms with Gasteiger partial charge in [-0.05, 0) is 37.5 Å². The summed E-state index contributed by atoms with van der Waals surface area (Å²) < 4.78 is 0. The summed E-state index contributed by atoms with van der Waals surface area (Å²) in [6, 6.07) is 1.42. The van der Waals surface area contributed by atoms with E-state index in [9.17, 15) is 0 Å². The van der Waals surface area contributed by atoms with Gasteiger partial charge in [-0.2, -0.15) is 0 Å². The maximum absolute atomic E-state index is 3.69. The highest BCUT2D eigenvalue weighted by atomic mass is 15.2. The van der Waals surface area contributed by atoms with Gasteiger partial charge in [0.1, 0.15) is 0 Å². The minimum absolute atomic E-state index is 0.699. The minimum atomic E-state index is 0.699. The molecule has 0 radical (unpaired) electrons. The van der Waals surface area contributed by atoms with E-state index in [0.717, 1.165) is 23.8 Å². The predicted octanol–water partition coefficient (Wildman–Crippen LogP) is 2.74. The molecule has 2 rings (SSSR count). The van der Waals surface area contributed by atoms with Crippen LogP contribution in [0.2, 0.25) is 0 Å². The molecule has 0 spiro atoms. The average Bonchev–Trinajstić information content (AvgIpc) is 2.67. The Bertz CT molecular complexity index is 239. The molecule has 2 nitrogen and oxygen atoms in total. The molecule has 1 saturated heterocycles. The van der Waals surface area contributed by atoms with E-state index in [1.165, 1.54) is 38.9 Å². The number of hydrogen-bond donors (Lipinski definition) is 1. The van der Waals surface area contributed by atoms with Gasteiger partial charge in [0.15, 0.2) is 0 Å². The standard InChI is InChI=1S/C15H30N2/c1-11(2)15-10-17(13(4)8-16-15)9-14-6-5-12(3)7-14/h11-16H,5-10H2,1-4H3. The largest absolute Gasteiger partial charge is 0.311 e. The fourth-order valence-corrected chi connectivity index (χ4v) is 3.47. The van der Waals surface area contributed by atoms with Crippen LogP contribution in [0.15, 0.2) is 0 Å². The van der Waals surface area contributed by atoms with Crippen LogP contribution in [0.3, 0.4) is 0 Å². The van der Waals surface area contributed by atoms with E-state index in [1.807, 2.05) is 0 Å². The zero-order valence-corrected chi connectivity index (χ0v) is 12.1. The zero-order chi connectivity index (χ0) is 12.4. The average molecular weight is 238 g/mol. The number of nitrogens with one attached hydrogen (secondary N) is 1. The van der Waals surface area contributed by atoms with Gasteiger partial charge in [-0.3, -0.25) is 4.90 Å². The second-order valence-corrected chi connectivity index (χ2v) is 6.85. The van der Waals surface area contributed by atoms with Gasteiger partial charge in [0.2, 0.25) is 0 Å². The molecule has 4 unspecified atom stereocenters. The highest BCUT2D eigenvalue weighted by Crippen LogP contribution is 2.31. The van der Waals surface area contributed by atoms with Gasteiger partial charge in [-0.1, -0.05) is 27.2 Å². The first-order valence-corrected chi connectivity index (χ1v) is 7.53. The number of hydrogen-bond acceptors (Lipinski definition) is 2. The molecule has 1 heterocycles. The molecule has 4 atom stereocenters.